The first kappa shape index (κ1) is 15.7. The molecular formula is C16H20N2O2S. The highest BCUT2D eigenvalue weighted by Crippen LogP contribution is 2.27. The summed E-state index contributed by atoms with van der Waals surface area (Å²) in [7, 11) is 1.75. The molecule has 0 saturated carbocycles. The number of rotatable bonds is 5. The van der Waals surface area contributed by atoms with Crippen molar-refractivity contribution in [3.8, 4) is 0 Å². The van der Waals surface area contributed by atoms with Crippen LogP contribution in [0.25, 0.3) is 0 Å². The summed E-state index contributed by atoms with van der Waals surface area (Å²) in [6.07, 6.45) is 1.52. The second-order valence-electron chi connectivity index (χ2n) is 5.06. The molecule has 1 aromatic carbocycles. The Morgan fingerprint density at radius 2 is 1.95 bits per heavy atom. The van der Waals surface area contributed by atoms with E-state index >= 15 is 0 Å². The van der Waals surface area contributed by atoms with E-state index < -0.39 is 0 Å². The number of hydrogen-bond donors (Lipinski definition) is 1. The Labute approximate surface area is 129 Å². The lowest BCUT2D eigenvalue weighted by Crippen LogP contribution is -2.26. The van der Waals surface area contributed by atoms with Crippen LogP contribution in [-0.4, -0.2) is 29.7 Å². The molecule has 0 saturated heterocycles. The molecule has 2 rings (SSSR count). The van der Waals surface area contributed by atoms with Gasteiger partial charge in [0.25, 0.3) is 5.91 Å². The second-order valence-corrected chi connectivity index (χ2v) is 6.12. The lowest BCUT2D eigenvalue weighted by atomic mass is 10.1. The highest BCUT2D eigenvalue weighted by atomic mass is 32.1. The minimum absolute atomic E-state index is 0.0579. The number of aromatic nitrogens is 1. The van der Waals surface area contributed by atoms with Crippen molar-refractivity contribution in [1.29, 1.82) is 0 Å². The molecule has 0 aliphatic heterocycles. The Bertz CT molecular complexity index is 620. The normalized spacial score (nSPS) is 10.7. The zero-order valence-electron chi connectivity index (χ0n) is 12.6. The van der Waals surface area contributed by atoms with Gasteiger partial charge in [0.15, 0.2) is 5.13 Å². The van der Waals surface area contributed by atoms with E-state index in [4.69, 9.17) is 5.11 Å². The van der Waals surface area contributed by atoms with Gasteiger partial charge in [-0.2, -0.15) is 0 Å². The number of hydrogen-bond acceptors (Lipinski definition) is 4. The summed E-state index contributed by atoms with van der Waals surface area (Å²) < 4.78 is 0. The third-order valence-corrected chi connectivity index (χ3v) is 4.63. The molecular weight excluding hydrogens is 284 g/mol. The van der Waals surface area contributed by atoms with Gasteiger partial charge < -0.3 is 5.11 Å². The van der Waals surface area contributed by atoms with Crippen LogP contribution in [0.5, 0.6) is 0 Å². The first-order valence-electron chi connectivity index (χ1n) is 6.95. The third kappa shape index (κ3) is 3.68. The van der Waals surface area contributed by atoms with Gasteiger partial charge in [-0.05, 0) is 38.8 Å². The number of anilines is 1. The monoisotopic (exact) mass is 304 g/mol. The Morgan fingerprint density at radius 1 is 1.29 bits per heavy atom. The number of carbonyl (C=O) groups is 1. The Kier molecular flexibility index (Phi) is 5.09. The standard InChI is InChI=1S/C16H20N2O2S/c1-11-6-8-13(9-7-11)15(20)18(3)16-17-12(2)14(21-16)5-4-10-19/h6-9,19H,4-5,10H2,1-3H3. The van der Waals surface area contributed by atoms with E-state index in [0.29, 0.717) is 10.7 Å². The average molecular weight is 304 g/mol. The van der Waals surface area contributed by atoms with Crippen LogP contribution in [-0.2, 0) is 6.42 Å². The molecule has 1 heterocycles. The van der Waals surface area contributed by atoms with Crippen molar-refractivity contribution in [3.63, 3.8) is 0 Å². The Balaban J connectivity index is 2.17. The van der Waals surface area contributed by atoms with Gasteiger partial charge in [-0.15, -0.1) is 11.3 Å². The minimum Gasteiger partial charge on any atom is -0.396 e. The Morgan fingerprint density at radius 3 is 2.57 bits per heavy atom. The molecule has 0 bridgehead atoms. The molecule has 0 spiro atoms. The maximum absolute atomic E-state index is 12.4. The molecule has 21 heavy (non-hydrogen) atoms. The predicted octanol–water partition coefficient (Wildman–Crippen LogP) is 2.96. The summed E-state index contributed by atoms with van der Waals surface area (Å²) in [5.41, 5.74) is 2.73. The summed E-state index contributed by atoms with van der Waals surface area (Å²) in [5.74, 6) is -0.0579. The van der Waals surface area contributed by atoms with Crippen LogP contribution in [0.4, 0.5) is 5.13 Å². The molecule has 0 unspecified atom stereocenters. The van der Waals surface area contributed by atoms with Crippen molar-refractivity contribution in [2.75, 3.05) is 18.6 Å². The molecule has 112 valence electrons. The van der Waals surface area contributed by atoms with Crippen LogP contribution in [0.1, 0.15) is 32.9 Å². The average Bonchev–Trinajstić information content (AvgIpc) is 2.85. The molecule has 1 N–H and O–H groups in total. The molecule has 5 heteroatoms. The van der Waals surface area contributed by atoms with E-state index in [9.17, 15) is 4.79 Å². The largest absolute Gasteiger partial charge is 0.396 e. The van der Waals surface area contributed by atoms with E-state index in [1.165, 1.54) is 11.3 Å². The van der Waals surface area contributed by atoms with Gasteiger partial charge in [-0.1, -0.05) is 17.7 Å². The van der Waals surface area contributed by atoms with Gasteiger partial charge >= 0.3 is 0 Å². The maximum Gasteiger partial charge on any atom is 0.259 e. The number of nitrogens with zero attached hydrogens (tertiary/aromatic N) is 2. The summed E-state index contributed by atoms with van der Waals surface area (Å²) in [6, 6.07) is 7.53. The smallest absolute Gasteiger partial charge is 0.259 e. The number of benzene rings is 1. The van der Waals surface area contributed by atoms with Crippen LogP contribution in [0, 0.1) is 13.8 Å². The van der Waals surface area contributed by atoms with Gasteiger partial charge in [0.1, 0.15) is 0 Å². The second kappa shape index (κ2) is 6.83. The number of aryl methyl sites for hydroxylation is 3. The third-order valence-electron chi connectivity index (χ3n) is 3.33. The van der Waals surface area contributed by atoms with Crippen molar-refractivity contribution in [1.82, 2.24) is 4.98 Å². The molecule has 4 nitrogen and oxygen atoms in total. The van der Waals surface area contributed by atoms with E-state index in [0.717, 1.165) is 29.0 Å². The number of amides is 1. The number of aliphatic hydroxyl groups excluding tert-OH is 1. The van der Waals surface area contributed by atoms with E-state index in [1.807, 2.05) is 38.1 Å². The number of aliphatic hydroxyl groups is 1. The molecule has 0 fully saturated rings. The zero-order chi connectivity index (χ0) is 15.4. The van der Waals surface area contributed by atoms with Crippen molar-refractivity contribution < 1.29 is 9.90 Å². The van der Waals surface area contributed by atoms with Crippen LogP contribution in [0.3, 0.4) is 0 Å². The summed E-state index contributed by atoms with van der Waals surface area (Å²) in [5, 5.41) is 9.61. The van der Waals surface area contributed by atoms with Crippen molar-refractivity contribution >= 4 is 22.4 Å². The fourth-order valence-corrected chi connectivity index (χ4v) is 3.07. The predicted molar refractivity (Wildman–Crippen MR) is 86.2 cm³/mol. The van der Waals surface area contributed by atoms with Gasteiger partial charge in [-0.3, -0.25) is 9.69 Å². The van der Waals surface area contributed by atoms with Crippen molar-refractivity contribution in [2.24, 2.45) is 0 Å². The molecule has 0 aliphatic carbocycles. The summed E-state index contributed by atoms with van der Waals surface area (Å²) in [6.45, 7) is 4.11. The van der Waals surface area contributed by atoms with Crippen molar-refractivity contribution in [3.05, 3.63) is 46.0 Å². The maximum atomic E-state index is 12.4. The van der Waals surface area contributed by atoms with Crippen LogP contribution >= 0.6 is 11.3 Å². The quantitative estimate of drug-likeness (QED) is 0.924. The first-order valence-corrected chi connectivity index (χ1v) is 7.76. The zero-order valence-corrected chi connectivity index (χ0v) is 13.4. The van der Waals surface area contributed by atoms with E-state index in [-0.39, 0.29) is 12.5 Å². The molecule has 2 aromatic rings. The molecule has 0 radical (unpaired) electrons. The lowest BCUT2D eigenvalue weighted by molar-refractivity contribution is 0.0993. The Hall–Kier alpha value is -1.72. The topological polar surface area (TPSA) is 53.4 Å². The van der Waals surface area contributed by atoms with Gasteiger partial charge in [-0.25, -0.2) is 4.98 Å². The fourth-order valence-electron chi connectivity index (χ4n) is 2.00. The number of thiazole rings is 1. The lowest BCUT2D eigenvalue weighted by Gasteiger charge is -2.13. The molecule has 0 atom stereocenters. The van der Waals surface area contributed by atoms with Gasteiger partial charge in [0.05, 0.1) is 5.69 Å². The molecule has 1 amide bonds. The van der Waals surface area contributed by atoms with Crippen LogP contribution < -0.4 is 4.90 Å². The summed E-state index contributed by atoms with van der Waals surface area (Å²) >= 11 is 1.52. The van der Waals surface area contributed by atoms with E-state index in [2.05, 4.69) is 4.98 Å². The highest BCUT2D eigenvalue weighted by Gasteiger charge is 2.18. The molecule has 1 aromatic heterocycles. The molecule has 0 aliphatic rings. The van der Waals surface area contributed by atoms with Crippen molar-refractivity contribution in [2.45, 2.75) is 26.7 Å². The SMILES string of the molecule is Cc1ccc(C(=O)N(C)c2nc(C)c(CCCO)s2)cc1. The number of carbonyl (C=O) groups excluding carboxylic acids is 1. The van der Waals surface area contributed by atoms with Crippen LogP contribution in [0.2, 0.25) is 0 Å². The van der Waals surface area contributed by atoms with Gasteiger partial charge in [0, 0.05) is 24.1 Å². The van der Waals surface area contributed by atoms with Crippen LogP contribution in [0.15, 0.2) is 24.3 Å². The summed E-state index contributed by atoms with van der Waals surface area (Å²) in [4.78, 5) is 19.6. The minimum atomic E-state index is -0.0579. The van der Waals surface area contributed by atoms with E-state index in [1.54, 1.807) is 11.9 Å². The van der Waals surface area contributed by atoms with Gasteiger partial charge in [0.2, 0.25) is 0 Å². The first-order chi connectivity index (χ1) is 10.0. The fraction of sp³-hybridized carbons (Fsp3) is 0.375. The highest BCUT2D eigenvalue weighted by molar-refractivity contribution is 7.15.